The van der Waals surface area contributed by atoms with Crippen LogP contribution < -0.4 is 10.6 Å². The number of nitrogens with zero attached hydrogens (tertiary/aromatic N) is 1. The third-order valence-corrected chi connectivity index (χ3v) is 3.51. The molecule has 2 N–H and O–H groups in total. The molecule has 0 radical (unpaired) electrons. The summed E-state index contributed by atoms with van der Waals surface area (Å²) in [6, 6.07) is 0. The van der Waals surface area contributed by atoms with E-state index in [4.69, 9.17) is 0 Å². The van der Waals surface area contributed by atoms with Crippen molar-refractivity contribution in [3.05, 3.63) is 0 Å². The molecule has 2 fully saturated rings. The van der Waals surface area contributed by atoms with Crippen LogP contribution in [0, 0.1) is 5.92 Å². The van der Waals surface area contributed by atoms with Gasteiger partial charge in [0, 0.05) is 45.3 Å². The van der Waals surface area contributed by atoms with Crippen molar-refractivity contribution in [2.45, 2.75) is 68.7 Å². The molecule has 0 saturated carbocycles. The maximum absolute atomic E-state index is 11.4. The minimum Gasteiger partial charge on any atom is -0.359 e. The van der Waals surface area contributed by atoms with E-state index in [1.165, 1.54) is 0 Å². The van der Waals surface area contributed by atoms with Gasteiger partial charge in [-0.25, -0.2) is 0 Å². The maximum Gasteiger partial charge on any atom is 0.229 e. The van der Waals surface area contributed by atoms with Crippen LogP contribution >= 0.6 is 0 Å². The van der Waals surface area contributed by atoms with E-state index >= 15 is 0 Å². The lowest BCUT2D eigenvalue weighted by molar-refractivity contribution is -0.132. The Kier molecular flexibility index (Phi) is 19.3. The highest BCUT2D eigenvalue weighted by Crippen LogP contribution is 2.09. The van der Waals surface area contributed by atoms with Crippen molar-refractivity contribution in [3.8, 4) is 0 Å². The molecule has 0 aromatic heterocycles. The number of hydrogen-bond acceptors (Lipinski definition) is 4. The quantitative estimate of drug-likeness (QED) is 0.754. The van der Waals surface area contributed by atoms with Crippen LogP contribution in [0.2, 0.25) is 0 Å². The zero-order chi connectivity index (χ0) is 15.8. The largest absolute Gasteiger partial charge is 0.359 e. The van der Waals surface area contributed by atoms with Crippen molar-refractivity contribution >= 4 is 23.6 Å². The Morgan fingerprint density at radius 3 is 1.92 bits per heavy atom. The Bertz CT molecular complexity index is 419. The number of rotatable bonds is 3. The summed E-state index contributed by atoms with van der Waals surface area (Å²) in [5, 5.41) is 4.69. The van der Waals surface area contributed by atoms with Crippen LogP contribution in [0.25, 0.3) is 0 Å². The van der Waals surface area contributed by atoms with E-state index in [0.717, 1.165) is 25.9 Å². The van der Waals surface area contributed by atoms with Gasteiger partial charge in [-0.3, -0.25) is 24.5 Å². The first-order valence-corrected chi connectivity index (χ1v) is 7.26. The summed E-state index contributed by atoms with van der Waals surface area (Å²) in [6.45, 7) is 3.47. The van der Waals surface area contributed by atoms with E-state index < -0.39 is 0 Å². The minimum absolute atomic E-state index is 0. The number of carbonyl (C=O) groups excluding carboxylic acids is 4. The Morgan fingerprint density at radius 2 is 1.60 bits per heavy atom. The SMILES string of the molecule is C.C.C.C.CC1CC(=O)NC1=O.CNC(=O)CCC(=O)N1CCCC1. The lowest BCUT2D eigenvalue weighted by atomic mass is 10.1. The first kappa shape index (κ1) is 30.9. The fraction of sp³-hybridized carbons (Fsp3) is 0.778. The second-order valence-corrected chi connectivity index (χ2v) is 5.28. The van der Waals surface area contributed by atoms with E-state index in [-0.39, 0.29) is 59.3 Å². The van der Waals surface area contributed by atoms with Crippen LogP contribution in [0.15, 0.2) is 0 Å². The van der Waals surface area contributed by atoms with Crippen molar-refractivity contribution in [2.75, 3.05) is 20.1 Å². The molecule has 4 amide bonds. The van der Waals surface area contributed by atoms with Gasteiger partial charge in [0.2, 0.25) is 23.6 Å². The van der Waals surface area contributed by atoms with E-state index in [0.29, 0.717) is 19.3 Å². The number of likely N-dealkylation sites (tertiary alicyclic amines) is 1. The molecule has 7 nitrogen and oxygen atoms in total. The monoisotopic (exact) mass is 361 g/mol. The summed E-state index contributed by atoms with van der Waals surface area (Å²) < 4.78 is 0. The molecule has 2 saturated heterocycles. The molecule has 1 unspecified atom stereocenters. The van der Waals surface area contributed by atoms with Crippen molar-refractivity contribution in [1.82, 2.24) is 15.5 Å². The number of imide groups is 1. The number of amides is 4. The molecule has 2 aliphatic heterocycles. The Morgan fingerprint density at radius 1 is 1.08 bits per heavy atom. The lowest BCUT2D eigenvalue weighted by Gasteiger charge is -2.14. The van der Waals surface area contributed by atoms with Gasteiger partial charge < -0.3 is 10.2 Å². The predicted octanol–water partition coefficient (Wildman–Crippen LogP) is 2.35. The first-order valence-electron chi connectivity index (χ1n) is 7.26. The summed E-state index contributed by atoms with van der Waals surface area (Å²) >= 11 is 0. The lowest BCUT2D eigenvalue weighted by Crippen LogP contribution is -2.29. The molecule has 0 aliphatic carbocycles. The number of nitrogens with one attached hydrogen (secondary N) is 2. The standard InChI is InChI=1S/C9H16N2O2.C5H7NO2.4CH4/c1-10-8(12)4-5-9(13)11-6-2-3-7-11;1-3-2-4(7)6-5(3)8;;;;/h2-7H2,1H3,(H,10,12);3H,2H2,1H3,(H,6,7,8);4*1H4. The van der Waals surface area contributed by atoms with Crippen LogP contribution in [-0.2, 0) is 19.2 Å². The fourth-order valence-electron chi connectivity index (χ4n) is 2.15. The normalized spacial score (nSPS) is 17.4. The molecule has 2 aliphatic rings. The fourth-order valence-corrected chi connectivity index (χ4v) is 2.15. The van der Waals surface area contributed by atoms with Crippen LogP contribution in [0.4, 0.5) is 0 Å². The summed E-state index contributed by atoms with van der Waals surface area (Å²) in [6.07, 6.45) is 3.22. The molecule has 1 atom stereocenters. The average Bonchev–Trinajstić information content (AvgIpc) is 3.07. The van der Waals surface area contributed by atoms with Crippen LogP contribution in [0.5, 0.6) is 0 Å². The van der Waals surface area contributed by atoms with E-state index in [9.17, 15) is 19.2 Å². The number of carbonyl (C=O) groups is 4. The zero-order valence-corrected chi connectivity index (χ0v) is 12.6. The van der Waals surface area contributed by atoms with Gasteiger partial charge >= 0.3 is 0 Å². The molecule has 2 rings (SSSR count). The summed E-state index contributed by atoms with van der Waals surface area (Å²) in [5.41, 5.74) is 0. The Labute approximate surface area is 153 Å². The van der Waals surface area contributed by atoms with Crippen molar-refractivity contribution in [3.63, 3.8) is 0 Å². The Hall–Kier alpha value is -1.92. The molecule has 0 aromatic carbocycles. The molecular formula is C18H39N3O4. The van der Waals surface area contributed by atoms with Gasteiger partial charge in [0.1, 0.15) is 0 Å². The third kappa shape index (κ3) is 11.3. The van der Waals surface area contributed by atoms with E-state index in [2.05, 4.69) is 10.6 Å². The van der Waals surface area contributed by atoms with Gasteiger partial charge in [-0.2, -0.15) is 0 Å². The van der Waals surface area contributed by atoms with Gasteiger partial charge in [0.25, 0.3) is 0 Å². The van der Waals surface area contributed by atoms with Gasteiger partial charge in [-0.1, -0.05) is 36.6 Å². The highest BCUT2D eigenvalue weighted by atomic mass is 16.2. The van der Waals surface area contributed by atoms with Crippen LogP contribution in [0.3, 0.4) is 0 Å². The number of hydrogen-bond donors (Lipinski definition) is 2. The maximum atomic E-state index is 11.4. The average molecular weight is 362 g/mol. The molecule has 0 aromatic rings. The van der Waals surface area contributed by atoms with E-state index in [1.54, 1.807) is 14.0 Å². The molecule has 25 heavy (non-hydrogen) atoms. The molecule has 7 heteroatoms. The first-order chi connectivity index (χ1) is 9.93. The highest BCUT2D eigenvalue weighted by molar-refractivity contribution is 6.03. The van der Waals surface area contributed by atoms with Gasteiger partial charge in [-0.05, 0) is 12.8 Å². The van der Waals surface area contributed by atoms with Crippen LogP contribution in [-0.4, -0.2) is 48.7 Å². The second kappa shape index (κ2) is 15.6. The van der Waals surface area contributed by atoms with Crippen molar-refractivity contribution in [1.29, 1.82) is 0 Å². The molecular weight excluding hydrogens is 322 g/mol. The van der Waals surface area contributed by atoms with Gasteiger partial charge in [0.05, 0.1) is 0 Å². The minimum atomic E-state index is -0.150. The summed E-state index contributed by atoms with van der Waals surface area (Å²) in [7, 11) is 1.59. The smallest absolute Gasteiger partial charge is 0.229 e. The topological polar surface area (TPSA) is 95.6 Å². The third-order valence-electron chi connectivity index (χ3n) is 3.51. The van der Waals surface area contributed by atoms with Crippen molar-refractivity contribution < 1.29 is 19.2 Å². The summed E-state index contributed by atoms with van der Waals surface area (Å²) in [4.78, 5) is 44.9. The van der Waals surface area contributed by atoms with Crippen LogP contribution in [0.1, 0.15) is 68.7 Å². The molecule has 2 heterocycles. The van der Waals surface area contributed by atoms with E-state index in [1.807, 2.05) is 4.90 Å². The van der Waals surface area contributed by atoms with Gasteiger partial charge in [0.15, 0.2) is 0 Å². The van der Waals surface area contributed by atoms with Gasteiger partial charge in [-0.15, -0.1) is 0 Å². The highest BCUT2D eigenvalue weighted by Gasteiger charge is 2.25. The summed E-state index contributed by atoms with van der Waals surface area (Å²) in [5.74, 6) is -0.353. The van der Waals surface area contributed by atoms with Crippen molar-refractivity contribution in [2.24, 2.45) is 5.92 Å². The molecule has 0 spiro atoms. The molecule has 0 bridgehead atoms. The molecule has 150 valence electrons. The zero-order valence-electron chi connectivity index (χ0n) is 12.6. The Balaban J connectivity index is -0.000000163. The second-order valence-electron chi connectivity index (χ2n) is 5.28. The predicted molar refractivity (Wildman–Crippen MR) is 103 cm³/mol.